The van der Waals surface area contributed by atoms with E-state index in [1.54, 1.807) is 4.68 Å². The third-order valence-electron chi connectivity index (χ3n) is 4.86. The van der Waals surface area contributed by atoms with Crippen molar-refractivity contribution in [2.24, 2.45) is 5.73 Å². The fraction of sp³-hybridized carbons (Fsp3) is 0.250. The average Bonchev–Trinajstić information content (AvgIpc) is 3.22. The quantitative estimate of drug-likeness (QED) is 0.701. The number of para-hydroxylation sites is 1. The Labute approximate surface area is 167 Å². The Kier molecular flexibility index (Phi) is 4.57. The first-order valence-electron chi connectivity index (χ1n) is 9.01. The van der Waals surface area contributed by atoms with Crippen LogP contribution in [0.25, 0.3) is 5.69 Å². The summed E-state index contributed by atoms with van der Waals surface area (Å²) in [7, 11) is 0. The molecule has 1 unspecified atom stereocenters. The maximum atomic E-state index is 9.81. The van der Waals surface area contributed by atoms with E-state index < -0.39 is 5.92 Å². The monoisotopic (exact) mass is 394 g/mol. The van der Waals surface area contributed by atoms with Crippen molar-refractivity contribution in [3.05, 3.63) is 69.5 Å². The molecule has 142 valence electrons. The molecule has 3 N–H and O–H groups in total. The van der Waals surface area contributed by atoms with Crippen LogP contribution in [-0.2, 0) is 6.42 Å². The summed E-state index contributed by atoms with van der Waals surface area (Å²) in [5.41, 5.74) is 10.3. The molecule has 0 amide bonds. The predicted octanol–water partition coefficient (Wildman–Crippen LogP) is 3.73. The molecule has 3 heterocycles. The van der Waals surface area contributed by atoms with E-state index in [-0.39, 0.29) is 5.88 Å². The van der Waals surface area contributed by atoms with Crippen LogP contribution in [0.5, 0.6) is 5.88 Å². The Hall–Kier alpha value is -3.24. The number of allylic oxidation sites excluding steroid dienone is 1. The van der Waals surface area contributed by atoms with Gasteiger partial charge in [0, 0.05) is 11.3 Å². The van der Waals surface area contributed by atoms with Crippen molar-refractivity contribution in [3.8, 4) is 17.6 Å². The molecule has 0 bridgehead atoms. The molecule has 0 saturated heterocycles. The molecular formula is C20H19ClN6O. The number of aromatic nitrogens is 4. The fourth-order valence-electron chi connectivity index (χ4n) is 3.62. The van der Waals surface area contributed by atoms with Crippen LogP contribution < -0.4 is 10.5 Å². The topological polar surface area (TPSA) is 106 Å². The zero-order valence-electron chi connectivity index (χ0n) is 15.5. The van der Waals surface area contributed by atoms with Crippen LogP contribution in [0.1, 0.15) is 41.8 Å². The second-order valence-corrected chi connectivity index (χ2v) is 6.99. The van der Waals surface area contributed by atoms with E-state index in [0.717, 1.165) is 41.0 Å². The van der Waals surface area contributed by atoms with Crippen LogP contribution in [0.3, 0.4) is 0 Å². The number of rotatable bonds is 4. The van der Waals surface area contributed by atoms with Crippen molar-refractivity contribution in [2.45, 2.75) is 32.6 Å². The first kappa shape index (κ1) is 18.1. The van der Waals surface area contributed by atoms with Crippen molar-refractivity contribution in [1.29, 1.82) is 5.26 Å². The molecule has 28 heavy (non-hydrogen) atoms. The van der Waals surface area contributed by atoms with E-state index in [0.29, 0.717) is 16.6 Å². The molecule has 0 saturated carbocycles. The number of nitrogens with two attached hydrogens (primary N) is 1. The van der Waals surface area contributed by atoms with Crippen molar-refractivity contribution in [1.82, 2.24) is 20.0 Å². The van der Waals surface area contributed by atoms with Crippen molar-refractivity contribution >= 4 is 11.6 Å². The van der Waals surface area contributed by atoms with Crippen molar-refractivity contribution in [3.63, 3.8) is 0 Å². The second-order valence-electron chi connectivity index (χ2n) is 6.63. The Balaban J connectivity index is 1.95. The molecule has 1 aliphatic rings. The molecule has 1 atom stereocenters. The fourth-order valence-corrected chi connectivity index (χ4v) is 4.00. The predicted molar refractivity (Wildman–Crippen MR) is 105 cm³/mol. The summed E-state index contributed by atoms with van der Waals surface area (Å²) in [4.78, 5) is 0. The van der Waals surface area contributed by atoms with Crippen LogP contribution >= 0.6 is 11.6 Å². The molecule has 7 nitrogen and oxygen atoms in total. The van der Waals surface area contributed by atoms with Gasteiger partial charge in [-0.2, -0.15) is 10.4 Å². The summed E-state index contributed by atoms with van der Waals surface area (Å²) in [6, 6.07) is 11.8. The van der Waals surface area contributed by atoms with Gasteiger partial charge in [-0.05, 0) is 25.5 Å². The van der Waals surface area contributed by atoms with Gasteiger partial charge < -0.3 is 10.5 Å². The van der Waals surface area contributed by atoms with E-state index in [1.807, 2.05) is 37.3 Å². The molecule has 0 spiro atoms. The number of fused-ring (bicyclic) bond motifs is 1. The molecule has 8 heteroatoms. The average molecular weight is 395 g/mol. The lowest BCUT2D eigenvalue weighted by Gasteiger charge is -2.24. The van der Waals surface area contributed by atoms with Crippen LogP contribution in [0.15, 0.2) is 41.8 Å². The molecule has 1 aromatic carbocycles. The van der Waals surface area contributed by atoms with Gasteiger partial charge in [-0.1, -0.05) is 43.1 Å². The number of nitriles is 1. The standard InChI is InChI=1S/C20H19ClN6O/c1-3-7-14-17-16(13(10-22)19(23)28-20(17)25-24-14)15-11(2)26-27(18(15)21)12-8-5-4-6-9-12/h4-6,8-9,16H,3,7,23H2,1-2H3,(H,24,25). The van der Waals surface area contributed by atoms with Gasteiger partial charge in [-0.15, -0.1) is 5.10 Å². The smallest absolute Gasteiger partial charge is 0.244 e. The molecule has 2 aromatic heterocycles. The Bertz CT molecular complexity index is 1110. The van der Waals surface area contributed by atoms with E-state index in [9.17, 15) is 5.26 Å². The van der Waals surface area contributed by atoms with Gasteiger partial charge >= 0.3 is 0 Å². The first-order valence-corrected chi connectivity index (χ1v) is 9.39. The van der Waals surface area contributed by atoms with Gasteiger partial charge in [0.05, 0.1) is 22.9 Å². The largest absolute Gasteiger partial charge is 0.420 e. The van der Waals surface area contributed by atoms with Gasteiger partial charge in [0.1, 0.15) is 16.8 Å². The number of aromatic amines is 1. The summed E-state index contributed by atoms with van der Waals surface area (Å²) in [5.74, 6) is -0.0654. The van der Waals surface area contributed by atoms with Gasteiger partial charge in [0.25, 0.3) is 0 Å². The van der Waals surface area contributed by atoms with Crippen LogP contribution in [0.2, 0.25) is 5.15 Å². The highest BCUT2D eigenvalue weighted by molar-refractivity contribution is 6.30. The molecule has 3 aromatic rings. The summed E-state index contributed by atoms with van der Waals surface area (Å²) in [5, 5.41) is 22.1. The number of hydrogen-bond acceptors (Lipinski definition) is 5. The maximum Gasteiger partial charge on any atom is 0.244 e. The lowest BCUT2D eigenvalue weighted by molar-refractivity contribution is 0.378. The van der Waals surface area contributed by atoms with E-state index in [2.05, 4.69) is 28.3 Å². The second kappa shape index (κ2) is 7.06. The third-order valence-corrected chi connectivity index (χ3v) is 5.22. The van der Waals surface area contributed by atoms with Gasteiger partial charge in [0.15, 0.2) is 0 Å². The number of nitrogens with zero attached hydrogens (tertiary/aromatic N) is 4. The van der Waals surface area contributed by atoms with E-state index in [4.69, 9.17) is 22.1 Å². The molecule has 4 rings (SSSR count). The zero-order chi connectivity index (χ0) is 19.8. The van der Waals surface area contributed by atoms with Gasteiger partial charge in [0.2, 0.25) is 11.8 Å². The van der Waals surface area contributed by atoms with Crippen LogP contribution in [0.4, 0.5) is 0 Å². The minimum atomic E-state index is -0.487. The highest BCUT2D eigenvalue weighted by Crippen LogP contribution is 2.46. The number of nitrogens with one attached hydrogen (secondary N) is 1. The number of ether oxygens (including phenoxy) is 1. The van der Waals surface area contributed by atoms with Crippen LogP contribution in [0, 0.1) is 18.3 Å². The first-order chi connectivity index (χ1) is 13.6. The normalized spacial score (nSPS) is 15.9. The molecule has 1 aliphatic heterocycles. The SMILES string of the molecule is CCCc1[nH]nc2c1C(c1c(C)nn(-c3ccccc3)c1Cl)C(C#N)=C(N)O2. The lowest BCUT2D eigenvalue weighted by atomic mass is 9.83. The summed E-state index contributed by atoms with van der Waals surface area (Å²) in [6.45, 7) is 3.95. The van der Waals surface area contributed by atoms with Gasteiger partial charge in [-0.25, -0.2) is 4.68 Å². The molecular weight excluding hydrogens is 376 g/mol. The molecule has 0 aliphatic carbocycles. The Morgan fingerprint density at radius 2 is 2.07 bits per heavy atom. The highest BCUT2D eigenvalue weighted by Gasteiger charge is 2.38. The van der Waals surface area contributed by atoms with E-state index in [1.165, 1.54) is 0 Å². The van der Waals surface area contributed by atoms with Crippen molar-refractivity contribution < 1.29 is 4.74 Å². The summed E-state index contributed by atoms with van der Waals surface area (Å²) >= 11 is 6.79. The Morgan fingerprint density at radius 1 is 1.32 bits per heavy atom. The number of hydrogen-bond donors (Lipinski definition) is 2. The van der Waals surface area contributed by atoms with Gasteiger partial charge in [-0.3, -0.25) is 5.10 Å². The van der Waals surface area contributed by atoms with Crippen molar-refractivity contribution in [2.75, 3.05) is 0 Å². The third kappa shape index (κ3) is 2.74. The lowest BCUT2D eigenvalue weighted by Crippen LogP contribution is -2.21. The van der Waals surface area contributed by atoms with E-state index >= 15 is 0 Å². The molecule has 0 fully saturated rings. The number of halogens is 1. The summed E-state index contributed by atoms with van der Waals surface area (Å²) in [6.07, 6.45) is 1.68. The van der Waals surface area contributed by atoms with Crippen LogP contribution in [-0.4, -0.2) is 20.0 Å². The summed E-state index contributed by atoms with van der Waals surface area (Å²) < 4.78 is 7.28. The Morgan fingerprint density at radius 3 is 2.75 bits per heavy atom. The molecule has 0 radical (unpaired) electrons. The maximum absolute atomic E-state index is 9.81. The number of aryl methyl sites for hydroxylation is 2. The highest BCUT2D eigenvalue weighted by atomic mass is 35.5. The number of benzene rings is 1. The minimum absolute atomic E-state index is 0.0393. The minimum Gasteiger partial charge on any atom is -0.420 e. The zero-order valence-corrected chi connectivity index (χ0v) is 16.3. The number of H-pyrrole nitrogens is 1.